The van der Waals surface area contributed by atoms with E-state index < -0.39 is 0 Å². The Kier molecular flexibility index (Phi) is 7.46. The van der Waals surface area contributed by atoms with E-state index in [1.54, 1.807) is 0 Å². The molecule has 1 aromatic carbocycles. The van der Waals surface area contributed by atoms with E-state index in [2.05, 4.69) is 35.8 Å². The lowest BCUT2D eigenvalue weighted by Crippen LogP contribution is -2.48. The Labute approximate surface area is 157 Å². The number of hydrogen-bond acceptors (Lipinski definition) is 5. The van der Waals surface area contributed by atoms with E-state index in [-0.39, 0.29) is 6.61 Å². The highest BCUT2D eigenvalue weighted by molar-refractivity contribution is 5.13. The summed E-state index contributed by atoms with van der Waals surface area (Å²) in [7, 11) is 0. The second-order valence-corrected chi connectivity index (χ2v) is 7.98. The first kappa shape index (κ1) is 19.8. The van der Waals surface area contributed by atoms with Gasteiger partial charge in [-0.25, -0.2) is 0 Å². The SMILES string of the molecule is C[C@@H]1CN(C[C@H]2CN(CCOCc3ccccc3)C[C@H]2CO)C[C@H](C)O1. The molecule has 0 aromatic heterocycles. The third-order valence-corrected chi connectivity index (χ3v) is 5.54. The van der Waals surface area contributed by atoms with Gasteiger partial charge in [-0.2, -0.15) is 0 Å². The van der Waals surface area contributed by atoms with E-state index in [0.717, 1.165) is 45.9 Å². The van der Waals surface area contributed by atoms with E-state index in [0.29, 0.717) is 30.7 Å². The molecule has 2 heterocycles. The van der Waals surface area contributed by atoms with Crippen LogP contribution in [0.25, 0.3) is 0 Å². The van der Waals surface area contributed by atoms with Crippen LogP contribution in [0.1, 0.15) is 19.4 Å². The van der Waals surface area contributed by atoms with Gasteiger partial charge in [0, 0.05) is 45.9 Å². The van der Waals surface area contributed by atoms with Crippen LogP contribution >= 0.6 is 0 Å². The molecule has 2 fully saturated rings. The average Bonchev–Trinajstić information content (AvgIpc) is 3.00. The van der Waals surface area contributed by atoms with Gasteiger partial charge in [-0.3, -0.25) is 4.90 Å². The van der Waals surface area contributed by atoms with Gasteiger partial charge in [-0.1, -0.05) is 30.3 Å². The number of ether oxygens (including phenoxy) is 2. The Morgan fingerprint density at radius 2 is 1.69 bits per heavy atom. The zero-order valence-corrected chi connectivity index (χ0v) is 16.2. The number of aliphatic hydroxyl groups is 1. The number of morpholine rings is 1. The van der Waals surface area contributed by atoms with Crippen molar-refractivity contribution in [2.75, 3.05) is 52.5 Å². The van der Waals surface area contributed by atoms with Crippen molar-refractivity contribution in [1.82, 2.24) is 9.80 Å². The maximum Gasteiger partial charge on any atom is 0.0717 e. The van der Waals surface area contributed by atoms with Crippen LogP contribution in [0, 0.1) is 11.8 Å². The highest BCUT2D eigenvalue weighted by atomic mass is 16.5. The minimum atomic E-state index is 0.279. The fourth-order valence-corrected chi connectivity index (χ4v) is 4.36. The van der Waals surface area contributed by atoms with E-state index in [9.17, 15) is 5.11 Å². The molecule has 0 bridgehead atoms. The molecule has 0 aliphatic carbocycles. The second-order valence-electron chi connectivity index (χ2n) is 7.98. The number of benzene rings is 1. The third kappa shape index (κ3) is 5.76. The Bertz CT molecular complexity index is 517. The van der Waals surface area contributed by atoms with Crippen molar-refractivity contribution in [1.29, 1.82) is 0 Å². The molecule has 146 valence electrons. The monoisotopic (exact) mass is 362 g/mol. The number of likely N-dealkylation sites (tertiary alicyclic amines) is 1. The van der Waals surface area contributed by atoms with Gasteiger partial charge in [0.1, 0.15) is 0 Å². The van der Waals surface area contributed by atoms with Crippen LogP contribution in [0.15, 0.2) is 30.3 Å². The normalized spacial score (nSPS) is 30.7. The van der Waals surface area contributed by atoms with Crippen LogP contribution in [-0.2, 0) is 16.1 Å². The predicted octanol–water partition coefficient (Wildman–Crippen LogP) is 1.85. The Hall–Kier alpha value is -0.980. The Balaban J connectivity index is 1.40. The number of hydrogen-bond donors (Lipinski definition) is 1. The van der Waals surface area contributed by atoms with Gasteiger partial charge >= 0.3 is 0 Å². The predicted molar refractivity (Wildman–Crippen MR) is 103 cm³/mol. The lowest BCUT2D eigenvalue weighted by atomic mass is 9.96. The van der Waals surface area contributed by atoms with Crippen molar-refractivity contribution in [3.05, 3.63) is 35.9 Å². The molecule has 0 amide bonds. The molecule has 2 aliphatic heterocycles. The van der Waals surface area contributed by atoms with E-state index >= 15 is 0 Å². The third-order valence-electron chi connectivity index (χ3n) is 5.54. The first-order valence-electron chi connectivity index (χ1n) is 9.96. The van der Waals surface area contributed by atoms with E-state index in [4.69, 9.17) is 9.47 Å². The molecular formula is C21H34N2O3. The fourth-order valence-electron chi connectivity index (χ4n) is 4.36. The lowest BCUT2D eigenvalue weighted by molar-refractivity contribution is -0.0727. The highest BCUT2D eigenvalue weighted by Crippen LogP contribution is 2.25. The molecule has 1 aromatic rings. The van der Waals surface area contributed by atoms with Crippen molar-refractivity contribution in [3.8, 4) is 0 Å². The average molecular weight is 363 g/mol. The number of nitrogens with zero attached hydrogens (tertiary/aromatic N) is 2. The molecule has 26 heavy (non-hydrogen) atoms. The molecular weight excluding hydrogens is 328 g/mol. The summed E-state index contributed by atoms with van der Waals surface area (Å²) < 4.78 is 11.7. The second kappa shape index (κ2) is 9.81. The first-order chi connectivity index (χ1) is 12.6. The van der Waals surface area contributed by atoms with Crippen LogP contribution in [-0.4, -0.2) is 79.6 Å². The highest BCUT2D eigenvalue weighted by Gasteiger charge is 2.34. The molecule has 2 aliphatic rings. The van der Waals surface area contributed by atoms with Crippen LogP contribution in [0.3, 0.4) is 0 Å². The van der Waals surface area contributed by atoms with Gasteiger partial charge < -0.3 is 19.5 Å². The zero-order chi connectivity index (χ0) is 18.4. The van der Waals surface area contributed by atoms with Crippen LogP contribution < -0.4 is 0 Å². The molecule has 1 N–H and O–H groups in total. The van der Waals surface area contributed by atoms with E-state index in [1.165, 1.54) is 5.56 Å². The zero-order valence-electron chi connectivity index (χ0n) is 16.2. The Morgan fingerprint density at radius 3 is 2.38 bits per heavy atom. The van der Waals surface area contributed by atoms with Gasteiger partial charge in [-0.15, -0.1) is 0 Å². The summed E-state index contributed by atoms with van der Waals surface area (Å²) in [5.74, 6) is 0.907. The summed E-state index contributed by atoms with van der Waals surface area (Å²) in [5, 5.41) is 9.81. The van der Waals surface area contributed by atoms with E-state index in [1.807, 2.05) is 18.2 Å². The van der Waals surface area contributed by atoms with Crippen LogP contribution in [0.2, 0.25) is 0 Å². The Morgan fingerprint density at radius 1 is 1.00 bits per heavy atom. The maximum atomic E-state index is 9.81. The van der Waals surface area contributed by atoms with Gasteiger partial charge in [-0.05, 0) is 31.2 Å². The van der Waals surface area contributed by atoms with Gasteiger partial charge in [0.15, 0.2) is 0 Å². The minimum absolute atomic E-state index is 0.279. The van der Waals surface area contributed by atoms with Gasteiger partial charge in [0.2, 0.25) is 0 Å². The summed E-state index contributed by atoms with van der Waals surface area (Å²) in [4.78, 5) is 4.96. The fraction of sp³-hybridized carbons (Fsp3) is 0.714. The smallest absolute Gasteiger partial charge is 0.0717 e. The molecule has 0 spiro atoms. The van der Waals surface area contributed by atoms with Crippen LogP contribution in [0.5, 0.6) is 0 Å². The summed E-state index contributed by atoms with van der Waals surface area (Å²) in [5.41, 5.74) is 1.22. The van der Waals surface area contributed by atoms with Crippen molar-refractivity contribution in [3.63, 3.8) is 0 Å². The summed E-state index contributed by atoms with van der Waals surface area (Å²) in [6.07, 6.45) is 0.602. The molecule has 5 nitrogen and oxygen atoms in total. The molecule has 2 saturated heterocycles. The quantitative estimate of drug-likeness (QED) is 0.715. The molecule has 3 rings (SSSR count). The minimum Gasteiger partial charge on any atom is -0.396 e. The molecule has 4 atom stereocenters. The molecule has 0 radical (unpaired) electrons. The van der Waals surface area contributed by atoms with Gasteiger partial charge in [0.05, 0.1) is 25.4 Å². The number of rotatable bonds is 8. The molecule has 5 heteroatoms. The largest absolute Gasteiger partial charge is 0.396 e. The van der Waals surface area contributed by atoms with Crippen molar-refractivity contribution < 1.29 is 14.6 Å². The standard InChI is InChI=1S/C21H34N2O3/c1-17-10-23(11-18(2)26-17)13-20-12-22(14-21(20)15-24)8-9-25-16-19-6-4-3-5-7-19/h3-7,17-18,20-21,24H,8-16H2,1-2H3/t17-,18+,20-,21+/m1/s1. The summed E-state index contributed by atoms with van der Waals surface area (Å²) in [6.45, 7) is 12.0. The topological polar surface area (TPSA) is 45.2 Å². The van der Waals surface area contributed by atoms with Crippen LogP contribution in [0.4, 0.5) is 0 Å². The lowest BCUT2D eigenvalue weighted by Gasteiger charge is -2.37. The summed E-state index contributed by atoms with van der Waals surface area (Å²) in [6, 6.07) is 10.3. The maximum absolute atomic E-state index is 9.81. The van der Waals surface area contributed by atoms with Crippen molar-refractivity contribution >= 4 is 0 Å². The van der Waals surface area contributed by atoms with Crippen molar-refractivity contribution in [2.24, 2.45) is 11.8 Å². The van der Waals surface area contributed by atoms with Gasteiger partial charge in [0.25, 0.3) is 0 Å². The summed E-state index contributed by atoms with van der Waals surface area (Å²) >= 11 is 0. The number of aliphatic hydroxyl groups excluding tert-OH is 1. The molecule has 0 unspecified atom stereocenters. The van der Waals surface area contributed by atoms with Crippen molar-refractivity contribution in [2.45, 2.75) is 32.7 Å². The molecule has 0 saturated carbocycles. The first-order valence-corrected chi connectivity index (χ1v) is 9.96.